The summed E-state index contributed by atoms with van der Waals surface area (Å²) in [5.41, 5.74) is 6.06. The smallest absolute Gasteiger partial charge is 0.231 e. The summed E-state index contributed by atoms with van der Waals surface area (Å²) < 4.78 is 25.1. The number of hydrogen-bond acceptors (Lipinski definition) is 7. The molecule has 0 radical (unpaired) electrons. The van der Waals surface area contributed by atoms with Gasteiger partial charge in [-0.05, 0) is 48.7 Å². The van der Waals surface area contributed by atoms with Crippen LogP contribution in [0.1, 0.15) is 29.8 Å². The van der Waals surface area contributed by atoms with Crippen LogP contribution in [0.5, 0.6) is 23.0 Å². The molecule has 1 atom stereocenters. The molecule has 0 amide bonds. The third-order valence-corrected chi connectivity index (χ3v) is 8.23. The third kappa shape index (κ3) is 4.56. The molecule has 0 spiro atoms. The fourth-order valence-electron chi connectivity index (χ4n) is 5.67. The summed E-state index contributed by atoms with van der Waals surface area (Å²) in [6, 6.07) is 14.1. The van der Waals surface area contributed by atoms with Gasteiger partial charge in [-0.2, -0.15) is 5.10 Å². The van der Waals surface area contributed by atoms with Crippen molar-refractivity contribution in [2.75, 3.05) is 47.2 Å². The molecule has 9 heteroatoms. The molecule has 0 bridgehead atoms. The second kappa shape index (κ2) is 10.6. The minimum atomic E-state index is 0.0971. The van der Waals surface area contributed by atoms with Crippen LogP contribution >= 0.6 is 11.6 Å². The number of aromatic nitrogens is 2. The van der Waals surface area contributed by atoms with Crippen LogP contribution in [-0.4, -0.2) is 61.9 Å². The number of nitrogens with one attached hydrogen (secondary N) is 1. The Labute approximate surface area is 233 Å². The predicted octanol–water partition coefficient (Wildman–Crippen LogP) is 5.43. The van der Waals surface area contributed by atoms with Gasteiger partial charge in [0.25, 0.3) is 0 Å². The van der Waals surface area contributed by atoms with Gasteiger partial charge in [-0.15, -0.1) is 0 Å². The van der Waals surface area contributed by atoms with Crippen molar-refractivity contribution in [3.8, 4) is 34.1 Å². The van der Waals surface area contributed by atoms with Gasteiger partial charge in [0.05, 0.1) is 38.0 Å². The summed E-state index contributed by atoms with van der Waals surface area (Å²) in [6.45, 7) is 8.86. The van der Waals surface area contributed by atoms with Gasteiger partial charge in [-0.1, -0.05) is 29.8 Å². The van der Waals surface area contributed by atoms with Crippen LogP contribution in [0.25, 0.3) is 22.0 Å². The first kappa shape index (κ1) is 25.8. The Morgan fingerprint density at radius 3 is 2.62 bits per heavy atom. The van der Waals surface area contributed by atoms with Crippen LogP contribution in [0.15, 0.2) is 42.5 Å². The number of fused-ring (bicyclic) bond motifs is 2. The van der Waals surface area contributed by atoms with Crippen LogP contribution in [0.4, 0.5) is 0 Å². The molecule has 1 N–H and O–H groups in total. The zero-order valence-electron chi connectivity index (χ0n) is 22.7. The number of methoxy groups -OCH3 is 2. The van der Waals surface area contributed by atoms with E-state index in [1.54, 1.807) is 14.2 Å². The number of piperazine rings is 1. The van der Waals surface area contributed by atoms with E-state index in [4.69, 9.17) is 35.6 Å². The van der Waals surface area contributed by atoms with Crippen molar-refractivity contribution >= 4 is 22.5 Å². The number of nitrogens with zero attached hydrogens (tertiary/aromatic N) is 3. The van der Waals surface area contributed by atoms with Gasteiger partial charge in [-0.25, -0.2) is 0 Å². The fraction of sp³-hybridized carbons (Fsp3) is 0.367. The second-order valence-corrected chi connectivity index (χ2v) is 10.4. The molecular formula is C30H33ClN4O4. The Morgan fingerprint density at radius 2 is 1.85 bits per heavy atom. The van der Waals surface area contributed by atoms with E-state index in [2.05, 4.69) is 34.0 Å². The highest BCUT2D eigenvalue weighted by molar-refractivity contribution is 6.31. The topological polar surface area (TPSA) is 70.0 Å². The van der Waals surface area contributed by atoms with Gasteiger partial charge in [0.1, 0.15) is 0 Å². The van der Waals surface area contributed by atoms with E-state index < -0.39 is 0 Å². The minimum absolute atomic E-state index is 0.0971. The van der Waals surface area contributed by atoms with Crippen LogP contribution in [0.3, 0.4) is 0 Å². The quantitative estimate of drug-likeness (QED) is 0.330. The lowest BCUT2D eigenvalue weighted by Gasteiger charge is -2.32. The first-order valence-electron chi connectivity index (χ1n) is 13.2. The number of hydrogen-bond donors (Lipinski definition) is 1. The van der Waals surface area contributed by atoms with Gasteiger partial charge in [0.15, 0.2) is 23.0 Å². The molecule has 2 aliphatic rings. The Kier molecular flexibility index (Phi) is 7.01. The van der Waals surface area contributed by atoms with Crippen LogP contribution in [0.2, 0.25) is 5.02 Å². The molecule has 6 rings (SSSR count). The molecule has 2 aliphatic heterocycles. The summed E-state index contributed by atoms with van der Waals surface area (Å²) in [5.74, 6) is 2.84. The lowest BCUT2D eigenvalue weighted by molar-refractivity contribution is 0.174. The van der Waals surface area contributed by atoms with Crippen LogP contribution < -0.4 is 24.3 Å². The standard InChI is InChI=1S/C30H33ClN4O4/c1-18-21(6-5-7-22(18)31)27-28-23(15-26-30(27)39-17-38-26)35(16-20-8-9-24(36-3)25(14-20)37-4)33-29(28)19(2)34-12-10-32-11-13-34/h5-9,14-15,19,32H,10-13,16-17H2,1-4H3. The van der Waals surface area contributed by atoms with Gasteiger partial charge < -0.3 is 24.3 Å². The summed E-state index contributed by atoms with van der Waals surface area (Å²) in [7, 11) is 3.29. The molecule has 1 unspecified atom stereocenters. The number of ether oxygens (including phenoxy) is 4. The number of rotatable bonds is 7. The van der Waals surface area contributed by atoms with E-state index in [0.717, 1.165) is 70.8 Å². The number of benzene rings is 3. The third-order valence-electron chi connectivity index (χ3n) is 7.82. The first-order valence-corrected chi connectivity index (χ1v) is 13.6. The maximum atomic E-state index is 6.63. The van der Waals surface area contributed by atoms with E-state index in [0.29, 0.717) is 28.8 Å². The van der Waals surface area contributed by atoms with Crippen LogP contribution in [0, 0.1) is 6.92 Å². The SMILES string of the molecule is COc1ccc(Cn2nc(C(C)N3CCNCC3)c3c(-c4cccc(Cl)c4C)c4c(cc32)OCO4)cc1OC. The monoisotopic (exact) mass is 548 g/mol. The van der Waals surface area contributed by atoms with Crippen molar-refractivity contribution < 1.29 is 18.9 Å². The molecule has 8 nitrogen and oxygen atoms in total. The lowest BCUT2D eigenvalue weighted by Crippen LogP contribution is -2.44. The first-order chi connectivity index (χ1) is 19.0. The summed E-state index contributed by atoms with van der Waals surface area (Å²) in [4.78, 5) is 2.48. The fourth-order valence-corrected chi connectivity index (χ4v) is 5.84. The molecule has 3 heterocycles. The summed E-state index contributed by atoms with van der Waals surface area (Å²) in [5, 5.41) is 10.5. The normalized spacial score (nSPS) is 16.0. The van der Waals surface area contributed by atoms with Gasteiger partial charge >= 0.3 is 0 Å². The lowest BCUT2D eigenvalue weighted by atomic mass is 9.93. The Hall–Kier alpha value is -3.46. The minimum Gasteiger partial charge on any atom is -0.493 e. The van der Waals surface area contributed by atoms with Crippen LogP contribution in [-0.2, 0) is 6.54 Å². The summed E-state index contributed by atoms with van der Waals surface area (Å²) in [6.07, 6.45) is 0. The summed E-state index contributed by atoms with van der Waals surface area (Å²) >= 11 is 6.63. The highest BCUT2D eigenvalue weighted by atomic mass is 35.5. The predicted molar refractivity (Wildman–Crippen MR) is 153 cm³/mol. The van der Waals surface area contributed by atoms with Crippen molar-refractivity contribution in [3.63, 3.8) is 0 Å². The van der Waals surface area contributed by atoms with Crippen molar-refractivity contribution in [2.24, 2.45) is 0 Å². The van der Waals surface area contributed by atoms with Gasteiger partial charge in [0.2, 0.25) is 6.79 Å². The molecule has 1 aromatic heterocycles. The zero-order valence-corrected chi connectivity index (χ0v) is 23.5. The van der Waals surface area contributed by atoms with Gasteiger partial charge in [0, 0.05) is 48.2 Å². The Balaban J connectivity index is 1.59. The van der Waals surface area contributed by atoms with Crippen molar-refractivity contribution in [1.29, 1.82) is 0 Å². The Bertz CT molecular complexity index is 1530. The molecule has 1 fully saturated rings. The van der Waals surface area contributed by atoms with Gasteiger partial charge in [-0.3, -0.25) is 9.58 Å². The van der Waals surface area contributed by atoms with Crippen molar-refractivity contribution in [3.05, 3.63) is 64.3 Å². The highest BCUT2D eigenvalue weighted by Gasteiger charge is 2.31. The average molecular weight is 549 g/mol. The highest BCUT2D eigenvalue weighted by Crippen LogP contribution is 2.50. The van der Waals surface area contributed by atoms with E-state index in [1.165, 1.54) is 0 Å². The molecular weight excluding hydrogens is 516 g/mol. The van der Waals surface area contributed by atoms with E-state index >= 15 is 0 Å². The van der Waals surface area contributed by atoms with E-state index in [-0.39, 0.29) is 12.8 Å². The number of halogens is 1. The molecule has 0 aliphatic carbocycles. The van der Waals surface area contributed by atoms with E-state index in [1.807, 2.05) is 37.3 Å². The molecule has 4 aromatic rings. The van der Waals surface area contributed by atoms with E-state index in [9.17, 15) is 0 Å². The average Bonchev–Trinajstić information content (AvgIpc) is 3.58. The molecule has 3 aromatic carbocycles. The largest absolute Gasteiger partial charge is 0.493 e. The molecule has 1 saturated heterocycles. The zero-order chi connectivity index (χ0) is 27.1. The maximum Gasteiger partial charge on any atom is 0.231 e. The maximum absolute atomic E-state index is 6.63. The molecule has 204 valence electrons. The second-order valence-electron chi connectivity index (χ2n) is 9.99. The Morgan fingerprint density at radius 1 is 1.05 bits per heavy atom. The van der Waals surface area contributed by atoms with Crippen molar-refractivity contribution in [2.45, 2.75) is 26.4 Å². The van der Waals surface area contributed by atoms with Crippen molar-refractivity contribution in [1.82, 2.24) is 20.0 Å². The molecule has 39 heavy (non-hydrogen) atoms. The molecule has 0 saturated carbocycles.